The number of fused-ring (bicyclic) bond motifs is 1. The van der Waals surface area contributed by atoms with Crippen molar-refractivity contribution in [2.75, 3.05) is 5.32 Å². The number of halogens is 6. The van der Waals surface area contributed by atoms with Gasteiger partial charge >= 0.3 is 12.4 Å². The van der Waals surface area contributed by atoms with E-state index in [-0.39, 0.29) is 29.1 Å². The van der Waals surface area contributed by atoms with Crippen LogP contribution in [0.4, 0.5) is 32.3 Å². The summed E-state index contributed by atoms with van der Waals surface area (Å²) in [5.41, 5.74) is -1.66. The minimum Gasteiger partial charge on any atom is -0.350 e. The predicted molar refractivity (Wildman–Crippen MR) is 88.6 cm³/mol. The first-order chi connectivity index (χ1) is 13.0. The highest BCUT2D eigenvalue weighted by molar-refractivity contribution is 5.75. The van der Waals surface area contributed by atoms with E-state index in [1.807, 2.05) is 0 Å². The Morgan fingerprint density at radius 2 is 1.79 bits per heavy atom. The van der Waals surface area contributed by atoms with Crippen molar-refractivity contribution in [3.8, 4) is 0 Å². The largest absolute Gasteiger partial charge is 0.416 e. The molecule has 11 heteroatoms. The van der Waals surface area contributed by atoms with E-state index in [0.717, 1.165) is 18.2 Å². The molecule has 3 aromatic rings. The van der Waals surface area contributed by atoms with E-state index in [2.05, 4.69) is 15.3 Å². The molecule has 0 bridgehead atoms. The predicted octanol–water partition coefficient (Wildman–Crippen LogP) is 3.98. The molecule has 2 aromatic heterocycles. The third kappa shape index (κ3) is 4.59. The van der Waals surface area contributed by atoms with Crippen LogP contribution >= 0.6 is 0 Å². The van der Waals surface area contributed by atoms with Crippen LogP contribution in [0.1, 0.15) is 11.1 Å². The minimum absolute atomic E-state index is 0.0915. The highest BCUT2D eigenvalue weighted by atomic mass is 19.4. The van der Waals surface area contributed by atoms with Crippen molar-refractivity contribution in [3.05, 3.63) is 64.1 Å². The fourth-order valence-corrected chi connectivity index (χ4v) is 2.53. The van der Waals surface area contributed by atoms with Gasteiger partial charge in [-0.1, -0.05) is 12.1 Å². The SMILES string of the molecule is O=c1ccc2cnc(NCc3cccc(C(F)(F)F)c3)nc2n1CC(F)(F)F. The van der Waals surface area contributed by atoms with Crippen LogP contribution in [-0.2, 0) is 19.3 Å². The summed E-state index contributed by atoms with van der Waals surface area (Å²) in [4.78, 5) is 19.7. The van der Waals surface area contributed by atoms with Gasteiger partial charge in [0.1, 0.15) is 12.2 Å². The number of rotatable bonds is 4. The van der Waals surface area contributed by atoms with Gasteiger partial charge in [0.25, 0.3) is 5.56 Å². The molecule has 0 aliphatic heterocycles. The molecule has 0 saturated carbocycles. The fraction of sp³-hybridized carbons (Fsp3) is 0.235. The Morgan fingerprint density at radius 3 is 2.46 bits per heavy atom. The lowest BCUT2D eigenvalue weighted by Crippen LogP contribution is -2.28. The summed E-state index contributed by atoms with van der Waals surface area (Å²) in [6, 6.07) is 6.82. The number of anilines is 1. The molecule has 0 saturated heterocycles. The molecule has 148 valence electrons. The second-order valence-corrected chi connectivity index (χ2v) is 5.90. The number of pyridine rings is 1. The molecular formula is C17H12F6N4O. The maximum absolute atomic E-state index is 12.8. The summed E-state index contributed by atoms with van der Waals surface area (Å²) in [5, 5.41) is 2.87. The van der Waals surface area contributed by atoms with E-state index in [9.17, 15) is 31.1 Å². The highest BCUT2D eigenvalue weighted by Gasteiger charge is 2.30. The van der Waals surface area contributed by atoms with Crippen molar-refractivity contribution in [1.82, 2.24) is 14.5 Å². The van der Waals surface area contributed by atoms with Gasteiger partial charge in [0.15, 0.2) is 0 Å². The van der Waals surface area contributed by atoms with E-state index in [4.69, 9.17) is 0 Å². The number of hydrogen-bond donors (Lipinski definition) is 1. The normalized spacial score (nSPS) is 12.4. The van der Waals surface area contributed by atoms with Gasteiger partial charge < -0.3 is 5.32 Å². The lowest BCUT2D eigenvalue weighted by atomic mass is 10.1. The topological polar surface area (TPSA) is 59.8 Å². The third-order valence-corrected chi connectivity index (χ3v) is 3.77. The van der Waals surface area contributed by atoms with E-state index >= 15 is 0 Å². The van der Waals surface area contributed by atoms with Crippen LogP contribution in [0.3, 0.4) is 0 Å². The standard InChI is InChI=1S/C17H12F6N4O/c18-16(19,20)9-27-13(28)5-4-11-8-25-15(26-14(11)27)24-7-10-2-1-3-12(6-10)17(21,22)23/h1-6,8H,7,9H2,(H,24,25,26). The molecule has 5 nitrogen and oxygen atoms in total. The lowest BCUT2D eigenvalue weighted by molar-refractivity contribution is -0.140. The van der Waals surface area contributed by atoms with E-state index in [1.54, 1.807) is 0 Å². The Hall–Kier alpha value is -3.11. The second-order valence-electron chi connectivity index (χ2n) is 5.90. The second kappa shape index (κ2) is 7.13. The lowest BCUT2D eigenvalue weighted by Gasteiger charge is -2.13. The fourth-order valence-electron chi connectivity index (χ4n) is 2.53. The van der Waals surface area contributed by atoms with Gasteiger partial charge in [-0.15, -0.1) is 0 Å². The number of nitrogens with zero attached hydrogens (tertiary/aromatic N) is 3. The first-order valence-corrected chi connectivity index (χ1v) is 7.86. The van der Waals surface area contributed by atoms with Crippen LogP contribution in [0.25, 0.3) is 11.0 Å². The van der Waals surface area contributed by atoms with Gasteiger partial charge in [0.05, 0.1) is 5.56 Å². The molecule has 3 rings (SSSR count). The molecule has 0 atom stereocenters. The van der Waals surface area contributed by atoms with Gasteiger partial charge in [0, 0.05) is 24.2 Å². The zero-order valence-corrected chi connectivity index (χ0v) is 14.0. The summed E-state index contributed by atoms with van der Waals surface area (Å²) >= 11 is 0. The van der Waals surface area contributed by atoms with Crippen LogP contribution < -0.4 is 10.9 Å². The van der Waals surface area contributed by atoms with Gasteiger partial charge in [0.2, 0.25) is 5.95 Å². The van der Waals surface area contributed by atoms with Crippen molar-refractivity contribution in [2.24, 2.45) is 0 Å². The Morgan fingerprint density at radius 1 is 1.04 bits per heavy atom. The Bertz CT molecular complexity index is 1060. The zero-order valence-electron chi connectivity index (χ0n) is 14.0. The van der Waals surface area contributed by atoms with Crippen LogP contribution in [0.2, 0.25) is 0 Å². The maximum atomic E-state index is 12.8. The average Bonchev–Trinajstić information content (AvgIpc) is 2.61. The monoisotopic (exact) mass is 402 g/mol. The van der Waals surface area contributed by atoms with Crippen LogP contribution in [-0.4, -0.2) is 20.7 Å². The Labute approximate surface area is 153 Å². The molecule has 0 aliphatic rings. The molecule has 0 aliphatic carbocycles. The average molecular weight is 402 g/mol. The van der Waals surface area contributed by atoms with E-state index < -0.39 is 30.0 Å². The third-order valence-electron chi connectivity index (χ3n) is 3.77. The molecule has 28 heavy (non-hydrogen) atoms. The summed E-state index contributed by atoms with van der Waals surface area (Å²) in [7, 11) is 0. The molecule has 0 fully saturated rings. The molecule has 0 spiro atoms. The number of hydrogen-bond acceptors (Lipinski definition) is 4. The summed E-state index contributed by atoms with van der Waals surface area (Å²) in [6.45, 7) is -1.61. The van der Waals surface area contributed by atoms with E-state index in [0.29, 0.717) is 4.57 Å². The number of benzene rings is 1. The Balaban J connectivity index is 1.89. The number of nitrogens with one attached hydrogen (secondary N) is 1. The highest BCUT2D eigenvalue weighted by Crippen LogP contribution is 2.29. The van der Waals surface area contributed by atoms with Gasteiger partial charge in [-0.05, 0) is 23.8 Å². The van der Waals surface area contributed by atoms with Crippen molar-refractivity contribution >= 4 is 17.0 Å². The molecular weight excluding hydrogens is 390 g/mol. The molecule has 0 unspecified atom stereocenters. The Kier molecular flexibility index (Phi) is 5.01. The van der Waals surface area contributed by atoms with Crippen LogP contribution in [0.5, 0.6) is 0 Å². The van der Waals surface area contributed by atoms with Crippen molar-refractivity contribution < 1.29 is 26.3 Å². The summed E-state index contributed by atoms with van der Waals surface area (Å²) in [6.07, 6.45) is -7.90. The molecule has 1 N–H and O–H groups in total. The van der Waals surface area contributed by atoms with Crippen molar-refractivity contribution in [1.29, 1.82) is 0 Å². The summed E-state index contributed by atoms with van der Waals surface area (Å²) in [5.74, 6) is -0.119. The molecule has 0 radical (unpaired) electrons. The number of aromatic nitrogens is 3. The van der Waals surface area contributed by atoms with Crippen molar-refractivity contribution in [2.45, 2.75) is 25.4 Å². The first-order valence-electron chi connectivity index (χ1n) is 7.86. The summed E-state index contributed by atoms with van der Waals surface area (Å²) < 4.78 is 77.0. The minimum atomic E-state index is -4.63. The molecule has 2 heterocycles. The van der Waals surface area contributed by atoms with Crippen LogP contribution in [0, 0.1) is 0 Å². The van der Waals surface area contributed by atoms with Crippen LogP contribution in [0.15, 0.2) is 47.4 Å². The van der Waals surface area contributed by atoms with Gasteiger partial charge in [-0.25, -0.2) is 4.98 Å². The van der Waals surface area contributed by atoms with Gasteiger partial charge in [-0.3, -0.25) is 9.36 Å². The van der Waals surface area contributed by atoms with Gasteiger partial charge in [-0.2, -0.15) is 31.3 Å². The zero-order chi connectivity index (χ0) is 20.5. The van der Waals surface area contributed by atoms with Crippen molar-refractivity contribution in [3.63, 3.8) is 0 Å². The quantitative estimate of drug-likeness (QED) is 0.671. The number of alkyl halides is 6. The molecule has 1 aromatic carbocycles. The van der Waals surface area contributed by atoms with E-state index in [1.165, 1.54) is 24.4 Å². The first kappa shape index (κ1) is 19.6. The molecule has 0 amide bonds. The smallest absolute Gasteiger partial charge is 0.350 e. The maximum Gasteiger partial charge on any atom is 0.416 e.